The van der Waals surface area contributed by atoms with Gasteiger partial charge in [-0.1, -0.05) is 49.4 Å². The fourth-order valence-corrected chi connectivity index (χ4v) is 4.16. The van der Waals surface area contributed by atoms with Crippen LogP contribution in [0, 0.1) is 11.7 Å². The Hall–Kier alpha value is -2.73. The zero-order valence-electron chi connectivity index (χ0n) is 19.1. The highest BCUT2D eigenvalue weighted by Crippen LogP contribution is 2.35. The van der Waals surface area contributed by atoms with Crippen LogP contribution in [0.1, 0.15) is 42.9 Å². The van der Waals surface area contributed by atoms with Gasteiger partial charge < -0.3 is 14.4 Å². The molecule has 1 saturated heterocycles. The predicted molar refractivity (Wildman–Crippen MR) is 121 cm³/mol. The van der Waals surface area contributed by atoms with Gasteiger partial charge in [-0.05, 0) is 67.6 Å². The van der Waals surface area contributed by atoms with Gasteiger partial charge in [0.1, 0.15) is 12.4 Å². The maximum atomic E-state index is 15.0. The maximum Gasteiger partial charge on any atom is 0.309 e. The Morgan fingerprint density at radius 2 is 1.81 bits per heavy atom. The topological polar surface area (TPSA) is 55.8 Å². The van der Waals surface area contributed by atoms with E-state index in [2.05, 4.69) is 18.9 Å². The lowest BCUT2D eigenvalue weighted by Gasteiger charge is -2.38. The minimum absolute atomic E-state index is 0.0606. The minimum atomic E-state index is -0.803. The number of carbonyl (C=O) groups excluding carboxylic acids is 2. The van der Waals surface area contributed by atoms with E-state index in [0.717, 1.165) is 37.1 Å². The van der Waals surface area contributed by atoms with E-state index in [4.69, 9.17) is 9.47 Å². The van der Waals surface area contributed by atoms with Crippen molar-refractivity contribution in [2.75, 3.05) is 27.2 Å². The van der Waals surface area contributed by atoms with Crippen LogP contribution in [-0.2, 0) is 37.5 Å². The van der Waals surface area contributed by atoms with E-state index in [-0.39, 0.29) is 30.7 Å². The largest absolute Gasteiger partial charge is 0.469 e. The number of carbonyl (C=O) groups is 2. The average Bonchev–Trinajstić information content (AvgIpc) is 2.80. The second kappa shape index (κ2) is 10.7. The number of esters is 2. The molecule has 1 aliphatic heterocycles. The molecule has 3 rings (SSSR count). The van der Waals surface area contributed by atoms with Crippen molar-refractivity contribution < 1.29 is 23.5 Å². The standard InChI is InChI=1S/C26H32FNO4/c1-26(11-13-28(2)14-12-26)22-10-9-20(23(27)17-22)15-21(25(30)31-3)16-24(29)32-18-19-7-5-4-6-8-19/h4-10,17,21H,11-16,18H2,1-3H3/t21-/m1/s1. The highest BCUT2D eigenvalue weighted by molar-refractivity contribution is 5.80. The van der Waals surface area contributed by atoms with Gasteiger partial charge in [0.05, 0.1) is 19.4 Å². The molecule has 6 heteroatoms. The molecule has 0 amide bonds. The number of rotatable bonds is 8. The molecular formula is C26H32FNO4. The van der Waals surface area contributed by atoms with E-state index in [1.54, 1.807) is 12.1 Å². The molecule has 172 valence electrons. The number of halogens is 1. The lowest BCUT2D eigenvalue weighted by Crippen LogP contribution is -2.38. The third kappa shape index (κ3) is 6.16. The molecule has 0 N–H and O–H groups in total. The molecular weight excluding hydrogens is 409 g/mol. The smallest absolute Gasteiger partial charge is 0.309 e. The van der Waals surface area contributed by atoms with Gasteiger partial charge in [0.2, 0.25) is 0 Å². The zero-order chi connectivity index (χ0) is 23.1. The second-order valence-electron chi connectivity index (χ2n) is 8.94. The first-order valence-electron chi connectivity index (χ1n) is 11.1. The van der Waals surface area contributed by atoms with Crippen molar-refractivity contribution in [1.82, 2.24) is 4.90 Å². The van der Waals surface area contributed by atoms with Crippen molar-refractivity contribution in [3.05, 3.63) is 71.0 Å². The summed E-state index contributed by atoms with van der Waals surface area (Å²) in [5, 5.41) is 0. The zero-order valence-corrected chi connectivity index (χ0v) is 19.1. The summed E-state index contributed by atoms with van der Waals surface area (Å²) < 4.78 is 25.2. The Balaban J connectivity index is 1.66. The number of ether oxygens (including phenoxy) is 2. The summed E-state index contributed by atoms with van der Waals surface area (Å²) in [6.07, 6.45) is 1.87. The fourth-order valence-electron chi connectivity index (χ4n) is 4.16. The number of benzene rings is 2. The van der Waals surface area contributed by atoms with Crippen molar-refractivity contribution >= 4 is 11.9 Å². The van der Waals surface area contributed by atoms with Gasteiger partial charge in [-0.25, -0.2) is 4.39 Å². The van der Waals surface area contributed by atoms with Crippen molar-refractivity contribution in [2.45, 2.75) is 44.6 Å². The Kier molecular flexibility index (Phi) is 8.02. The first kappa shape index (κ1) is 23.9. The summed E-state index contributed by atoms with van der Waals surface area (Å²) in [5.41, 5.74) is 2.18. The van der Waals surface area contributed by atoms with Gasteiger partial charge in [-0.15, -0.1) is 0 Å². The summed E-state index contributed by atoms with van der Waals surface area (Å²) in [4.78, 5) is 26.9. The molecule has 0 radical (unpaired) electrons. The van der Waals surface area contributed by atoms with Gasteiger partial charge >= 0.3 is 11.9 Å². The molecule has 0 aromatic heterocycles. The summed E-state index contributed by atoms with van der Waals surface area (Å²) in [5.74, 6) is -2.22. The van der Waals surface area contributed by atoms with Crippen molar-refractivity contribution in [2.24, 2.45) is 5.92 Å². The lowest BCUT2D eigenvalue weighted by molar-refractivity contribution is -0.154. The summed E-state index contributed by atoms with van der Waals surface area (Å²) in [6.45, 7) is 4.27. The summed E-state index contributed by atoms with van der Waals surface area (Å²) in [7, 11) is 3.37. The molecule has 5 nitrogen and oxygen atoms in total. The number of likely N-dealkylation sites (tertiary alicyclic amines) is 1. The van der Waals surface area contributed by atoms with E-state index in [1.165, 1.54) is 7.11 Å². The molecule has 1 fully saturated rings. The van der Waals surface area contributed by atoms with Gasteiger partial charge in [-0.3, -0.25) is 9.59 Å². The van der Waals surface area contributed by atoms with E-state index in [0.29, 0.717) is 5.56 Å². The van der Waals surface area contributed by atoms with E-state index in [9.17, 15) is 9.59 Å². The van der Waals surface area contributed by atoms with E-state index < -0.39 is 17.9 Å². The molecule has 1 atom stereocenters. The van der Waals surface area contributed by atoms with Crippen LogP contribution in [0.15, 0.2) is 48.5 Å². The van der Waals surface area contributed by atoms with Crippen LogP contribution in [0.25, 0.3) is 0 Å². The molecule has 2 aromatic carbocycles. The number of hydrogen-bond acceptors (Lipinski definition) is 5. The third-order valence-corrected chi connectivity index (χ3v) is 6.50. The lowest BCUT2D eigenvalue weighted by atomic mass is 9.74. The molecule has 32 heavy (non-hydrogen) atoms. The monoisotopic (exact) mass is 441 g/mol. The number of piperidine rings is 1. The maximum absolute atomic E-state index is 15.0. The fraction of sp³-hybridized carbons (Fsp3) is 0.462. The van der Waals surface area contributed by atoms with E-state index in [1.807, 2.05) is 36.4 Å². The van der Waals surface area contributed by atoms with E-state index >= 15 is 4.39 Å². The van der Waals surface area contributed by atoms with Crippen LogP contribution in [-0.4, -0.2) is 44.1 Å². The predicted octanol–water partition coefficient (Wildman–Crippen LogP) is 4.27. The average molecular weight is 442 g/mol. The Morgan fingerprint density at radius 1 is 1.12 bits per heavy atom. The number of hydrogen-bond donors (Lipinski definition) is 0. The second-order valence-corrected chi connectivity index (χ2v) is 8.94. The van der Waals surface area contributed by atoms with Crippen LogP contribution in [0.3, 0.4) is 0 Å². The molecule has 0 spiro atoms. The van der Waals surface area contributed by atoms with Gasteiger partial charge in [0.25, 0.3) is 0 Å². The molecule has 1 aliphatic rings. The van der Waals surface area contributed by atoms with Crippen molar-refractivity contribution in [3.8, 4) is 0 Å². The first-order chi connectivity index (χ1) is 15.3. The molecule has 0 aliphatic carbocycles. The highest BCUT2D eigenvalue weighted by atomic mass is 19.1. The first-order valence-corrected chi connectivity index (χ1v) is 11.1. The van der Waals surface area contributed by atoms with Crippen LogP contribution >= 0.6 is 0 Å². The normalized spacial score (nSPS) is 16.9. The van der Waals surface area contributed by atoms with Crippen LogP contribution in [0.2, 0.25) is 0 Å². The van der Waals surface area contributed by atoms with Crippen LogP contribution in [0.4, 0.5) is 4.39 Å². The van der Waals surface area contributed by atoms with Gasteiger partial charge in [-0.2, -0.15) is 0 Å². The molecule has 0 unspecified atom stereocenters. The van der Waals surface area contributed by atoms with Gasteiger partial charge in [0.15, 0.2) is 0 Å². The quantitative estimate of drug-likeness (QED) is 0.573. The summed E-state index contributed by atoms with van der Waals surface area (Å²) in [6, 6.07) is 14.6. The molecule has 2 aromatic rings. The minimum Gasteiger partial charge on any atom is -0.469 e. The summed E-state index contributed by atoms with van der Waals surface area (Å²) >= 11 is 0. The SMILES string of the molecule is COC(=O)[C@@H](CC(=O)OCc1ccccc1)Cc1ccc(C2(C)CCN(C)CC2)cc1F. The third-order valence-electron chi connectivity index (χ3n) is 6.50. The van der Waals surface area contributed by atoms with Crippen molar-refractivity contribution in [3.63, 3.8) is 0 Å². The van der Waals surface area contributed by atoms with Gasteiger partial charge in [0, 0.05) is 0 Å². The molecule has 0 bridgehead atoms. The van der Waals surface area contributed by atoms with Crippen molar-refractivity contribution in [1.29, 1.82) is 0 Å². The Morgan fingerprint density at radius 3 is 2.44 bits per heavy atom. The number of methoxy groups -OCH3 is 1. The number of nitrogens with zero attached hydrogens (tertiary/aromatic N) is 1. The molecule has 0 saturated carbocycles. The molecule has 1 heterocycles. The Bertz CT molecular complexity index is 923. The van der Waals surface area contributed by atoms with Crippen LogP contribution in [0.5, 0.6) is 0 Å². The Labute approximate surface area is 189 Å². The van der Waals surface area contributed by atoms with Crippen LogP contribution < -0.4 is 0 Å². The highest BCUT2D eigenvalue weighted by Gasteiger charge is 2.32.